The van der Waals surface area contributed by atoms with Gasteiger partial charge in [0.1, 0.15) is 11.3 Å². The lowest BCUT2D eigenvalue weighted by Gasteiger charge is -2.08. The van der Waals surface area contributed by atoms with E-state index in [-0.39, 0.29) is 11.7 Å². The van der Waals surface area contributed by atoms with Gasteiger partial charge in [0.15, 0.2) is 11.3 Å². The molecule has 0 saturated heterocycles. The second-order valence-electron chi connectivity index (χ2n) is 8.20. The first-order valence-corrected chi connectivity index (χ1v) is 11.4. The minimum atomic E-state index is -0.365. The number of fused-ring (bicyclic) bond motifs is 1. The third-order valence-corrected chi connectivity index (χ3v) is 6.51. The van der Waals surface area contributed by atoms with E-state index < -0.39 is 0 Å². The molecule has 3 aromatic carbocycles. The van der Waals surface area contributed by atoms with Crippen molar-refractivity contribution in [3.05, 3.63) is 93.2 Å². The molecule has 5 nitrogen and oxygen atoms in total. The van der Waals surface area contributed by atoms with Crippen LogP contribution in [0, 0.1) is 20.8 Å². The van der Waals surface area contributed by atoms with Crippen LogP contribution in [0.1, 0.15) is 27.2 Å². The summed E-state index contributed by atoms with van der Waals surface area (Å²) in [5.74, 6) is 0.829. The van der Waals surface area contributed by atoms with Gasteiger partial charge >= 0.3 is 0 Å². The molecule has 0 saturated carbocycles. The van der Waals surface area contributed by atoms with Crippen molar-refractivity contribution < 1.29 is 13.6 Å². The number of rotatable bonds is 4. The van der Waals surface area contributed by atoms with E-state index in [1.165, 1.54) is 0 Å². The van der Waals surface area contributed by atoms with E-state index in [2.05, 4.69) is 10.3 Å². The van der Waals surface area contributed by atoms with Gasteiger partial charge < -0.3 is 14.2 Å². The standard InChI is InChI=1S/C27H20Cl2N2O3/c1-14-4-5-18(27-31-22-10-15(2)16(3)11-25(22)34-27)13-21(14)30-26(32)24-9-8-23(33-24)17-6-7-19(28)20(29)12-17/h4-13H,1-3H3,(H,30,32). The van der Waals surface area contributed by atoms with E-state index in [9.17, 15) is 4.79 Å². The van der Waals surface area contributed by atoms with Crippen LogP contribution in [0.3, 0.4) is 0 Å². The predicted molar refractivity (Wildman–Crippen MR) is 136 cm³/mol. The Morgan fingerprint density at radius 3 is 2.35 bits per heavy atom. The summed E-state index contributed by atoms with van der Waals surface area (Å²) in [5.41, 5.74) is 6.87. The lowest BCUT2D eigenvalue weighted by Crippen LogP contribution is -2.11. The molecule has 0 radical (unpaired) electrons. The monoisotopic (exact) mass is 490 g/mol. The summed E-state index contributed by atoms with van der Waals surface area (Å²) in [6.07, 6.45) is 0. The number of hydrogen-bond acceptors (Lipinski definition) is 4. The number of benzene rings is 3. The van der Waals surface area contributed by atoms with Crippen LogP contribution in [0.5, 0.6) is 0 Å². The van der Waals surface area contributed by atoms with Crippen LogP contribution in [-0.4, -0.2) is 10.9 Å². The molecule has 0 unspecified atom stereocenters. The molecule has 0 aliphatic heterocycles. The van der Waals surface area contributed by atoms with E-state index in [1.54, 1.807) is 30.3 Å². The summed E-state index contributed by atoms with van der Waals surface area (Å²) in [5, 5.41) is 3.79. The SMILES string of the molecule is Cc1cc2nc(-c3ccc(C)c(NC(=O)c4ccc(-c5ccc(Cl)c(Cl)c5)o4)c3)oc2cc1C. The van der Waals surface area contributed by atoms with Crippen LogP contribution < -0.4 is 5.32 Å². The van der Waals surface area contributed by atoms with E-state index in [0.29, 0.717) is 27.4 Å². The second kappa shape index (κ2) is 8.67. The summed E-state index contributed by atoms with van der Waals surface area (Å²) < 4.78 is 11.8. The van der Waals surface area contributed by atoms with Crippen molar-refractivity contribution >= 4 is 45.9 Å². The number of carbonyl (C=O) groups is 1. The summed E-state index contributed by atoms with van der Waals surface area (Å²) in [6, 6.07) is 18.2. The predicted octanol–water partition coefficient (Wildman–Crippen LogP) is 8.24. The van der Waals surface area contributed by atoms with Gasteiger partial charge in [0, 0.05) is 16.8 Å². The van der Waals surface area contributed by atoms with Gasteiger partial charge in [0.25, 0.3) is 5.91 Å². The Kier molecular flexibility index (Phi) is 5.68. The zero-order valence-electron chi connectivity index (χ0n) is 18.7. The topological polar surface area (TPSA) is 68.3 Å². The summed E-state index contributed by atoms with van der Waals surface area (Å²) in [6.45, 7) is 6.00. The molecule has 170 valence electrons. The molecule has 0 aliphatic carbocycles. The summed E-state index contributed by atoms with van der Waals surface area (Å²) in [7, 11) is 0. The first kappa shape index (κ1) is 22.3. The zero-order valence-corrected chi connectivity index (χ0v) is 20.2. The van der Waals surface area contributed by atoms with E-state index in [4.69, 9.17) is 32.0 Å². The van der Waals surface area contributed by atoms with Gasteiger partial charge in [-0.3, -0.25) is 4.79 Å². The molecule has 0 aliphatic rings. The van der Waals surface area contributed by atoms with Crippen molar-refractivity contribution in [3.8, 4) is 22.8 Å². The maximum absolute atomic E-state index is 12.9. The third kappa shape index (κ3) is 4.20. The first-order valence-electron chi connectivity index (χ1n) is 10.6. The Hall–Kier alpha value is -3.54. The highest BCUT2D eigenvalue weighted by Gasteiger charge is 2.16. The molecule has 7 heteroatoms. The van der Waals surface area contributed by atoms with Crippen molar-refractivity contribution in [2.24, 2.45) is 0 Å². The highest BCUT2D eigenvalue weighted by molar-refractivity contribution is 6.42. The van der Waals surface area contributed by atoms with Crippen LogP contribution in [0.15, 0.2) is 69.5 Å². The first-order chi connectivity index (χ1) is 16.3. The Morgan fingerprint density at radius 2 is 1.56 bits per heavy atom. The minimum absolute atomic E-state index is 0.179. The number of anilines is 1. The molecule has 1 N–H and O–H groups in total. The van der Waals surface area contributed by atoms with Gasteiger partial charge in [-0.15, -0.1) is 0 Å². The number of carbonyl (C=O) groups excluding carboxylic acids is 1. The molecule has 5 aromatic rings. The van der Waals surface area contributed by atoms with Gasteiger partial charge in [-0.1, -0.05) is 29.3 Å². The molecule has 34 heavy (non-hydrogen) atoms. The zero-order chi connectivity index (χ0) is 24.0. The van der Waals surface area contributed by atoms with E-state index in [1.807, 2.05) is 51.1 Å². The highest BCUT2D eigenvalue weighted by Crippen LogP contribution is 2.31. The summed E-state index contributed by atoms with van der Waals surface area (Å²) in [4.78, 5) is 17.5. The van der Waals surface area contributed by atoms with Crippen molar-refractivity contribution in [1.82, 2.24) is 4.98 Å². The molecule has 0 atom stereocenters. The molecular formula is C27H20Cl2N2O3. The number of furan rings is 1. The maximum atomic E-state index is 12.9. The van der Waals surface area contributed by atoms with E-state index >= 15 is 0 Å². The highest BCUT2D eigenvalue weighted by atomic mass is 35.5. The number of nitrogens with one attached hydrogen (secondary N) is 1. The van der Waals surface area contributed by atoms with Crippen LogP contribution in [0.2, 0.25) is 10.0 Å². The van der Waals surface area contributed by atoms with Crippen molar-refractivity contribution in [3.63, 3.8) is 0 Å². The maximum Gasteiger partial charge on any atom is 0.291 e. The van der Waals surface area contributed by atoms with Gasteiger partial charge in [0.2, 0.25) is 5.89 Å². The average molecular weight is 491 g/mol. The largest absolute Gasteiger partial charge is 0.451 e. The third-order valence-electron chi connectivity index (χ3n) is 5.77. The number of hydrogen-bond donors (Lipinski definition) is 1. The average Bonchev–Trinajstić information content (AvgIpc) is 3.45. The molecule has 0 fully saturated rings. The quantitative estimate of drug-likeness (QED) is 0.275. The van der Waals surface area contributed by atoms with Crippen molar-refractivity contribution in [2.45, 2.75) is 20.8 Å². The molecule has 0 bridgehead atoms. The Balaban J connectivity index is 1.41. The normalized spacial score (nSPS) is 11.2. The second-order valence-corrected chi connectivity index (χ2v) is 9.01. The van der Waals surface area contributed by atoms with Gasteiger partial charge in [-0.25, -0.2) is 4.98 Å². The number of aryl methyl sites for hydroxylation is 3. The van der Waals surface area contributed by atoms with Crippen molar-refractivity contribution in [2.75, 3.05) is 5.32 Å². The number of aromatic nitrogens is 1. The fourth-order valence-corrected chi connectivity index (χ4v) is 3.94. The molecule has 2 aromatic heterocycles. The molecule has 5 rings (SSSR count). The van der Waals surface area contributed by atoms with Crippen LogP contribution >= 0.6 is 23.2 Å². The van der Waals surface area contributed by atoms with E-state index in [0.717, 1.165) is 38.9 Å². The number of nitrogens with zero attached hydrogens (tertiary/aromatic N) is 1. The Labute approximate surface area is 206 Å². The smallest absolute Gasteiger partial charge is 0.291 e. The van der Waals surface area contributed by atoms with Gasteiger partial charge in [-0.05, 0) is 92.1 Å². The Bertz CT molecular complexity index is 1530. The van der Waals surface area contributed by atoms with Gasteiger partial charge in [-0.2, -0.15) is 0 Å². The lowest BCUT2D eigenvalue weighted by atomic mass is 10.1. The van der Waals surface area contributed by atoms with Crippen LogP contribution in [0.25, 0.3) is 33.9 Å². The number of halogens is 2. The number of oxazole rings is 1. The van der Waals surface area contributed by atoms with Crippen LogP contribution in [0.4, 0.5) is 5.69 Å². The molecule has 2 heterocycles. The summed E-state index contributed by atoms with van der Waals surface area (Å²) >= 11 is 12.1. The van der Waals surface area contributed by atoms with Crippen molar-refractivity contribution in [1.29, 1.82) is 0 Å². The fraction of sp³-hybridized carbons (Fsp3) is 0.111. The minimum Gasteiger partial charge on any atom is -0.451 e. The van der Waals surface area contributed by atoms with Gasteiger partial charge in [0.05, 0.1) is 10.0 Å². The fourth-order valence-electron chi connectivity index (χ4n) is 3.64. The van der Waals surface area contributed by atoms with Crippen LogP contribution in [-0.2, 0) is 0 Å². The molecule has 1 amide bonds. The molecular weight excluding hydrogens is 471 g/mol. The Morgan fingerprint density at radius 1 is 0.794 bits per heavy atom. The number of amides is 1. The lowest BCUT2D eigenvalue weighted by molar-refractivity contribution is 0.0997. The molecule has 0 spiro atoms.